The normalized spacial score (nSPS) is 24.3. The average Bonchev–Trinajstić information content (AvgIpc) is 3.02. The van der Waals surface area contributed by atoms with Crippen molar-refractivity contribution in [1.29, 1.82) is 0 Å². The molecule has 0 amide bonds. The number of aliphatic hydroxyl groups excluding tert-OH is 1. The molecule has 2 rings (SSSR count). The number of hydrogen-bond donors (Lipinski definition) is 3. The lowest BCUT2D eigenvalue weighted by atomic mass is 9.88. The molecule has 3 atom stereocenters. The summed E-state index contributed by atoms with van der Waals surface area (Å²) in [6.45, 7) is 3.54. The molecule has 1 fully saturated rings. The number of ether oxygens (including phenoxy) is 1. The second-order valence-corrected chi connectivity index (χ2v) is 8.48. The molecule has 1 aliphatic heterocycles. The van der Waals surface area contributed by atoms with Gasteiger partial charge in [-0.15, -0.1) is 0 Å². The third-order valence-corrected chi connectivity index (χ3v) is 6.03. The maximum absolute atomic E-state index is 12.1. The van der Waals surface area contributed by atoms with Gasteiger partial charge in [0.05, 0.1) is 12.2 Å². The minimum Gasteiger partial charge on any atom is -0.394 e. The summed E-state index contributed by atoms with van der Waals surface area (Å²) >= 11 is 0. The number of aliphatic hydroxyl groups is 2. The van der Waals surface area contributed by atoms with E-state index in [0.717, 1.165) is 19.3 Å². The monoisotopic (exact) mass is 410 g/mol. The van der Waals surface area contributed by atoms with E-state index >= 15 is 0 Å². The Hall–Kier alpha value is -1.44. The van der Waals surface area contributed by atoms with Crippen molar-refractivity contribution in [2.24, 2.45) is 0 Å². The lowest BCUT2D eigenvalue weighted by molar-refractivity contribution is -0.0861. The van der Waals surface area contributed by atoms with Crippen LogP contribution in [0.15, 0.2) is 15.8 Å². The predicted molar refractivity (Wildman–Crippen MR) is 113 cm³/mol. The van der Waals surface area contributed by atoms with Gasteiger partial charge in [0.25, 0.3) is 5.56 Å². The topological polar surface area (TPSA) is 105 Å². The van der Waals surface area contributed by atoms with Crippen LogP contribution in [0.1, 0.15) is 95.8 Å². The van der Waals surface area contributed by atoms with Crippen molar-refractivity contribution in [3.05, 3.63) is 32.6 Å². The zero-order chi connectivity index (χ0) is 21.3. The molecule has 7 heteroatoms. The maximum Gasteiger partial charge on any atom is 0.330 e. The van der Waals surface area contributed by atoms with Crippen LogP contribution < -0.4 is 11.2 Å². The number of unbranched alkanes of at least 4 members (excludes halogenated alkanes) is 9. The summed E-state index contributed by atoms with van der Waals surface area (Å²) in [6.07, 6.45) is 12.9. The van der Waals surface area contributed by atoms with Gasteiger partial charge >= 0.3 is 5.69 Å². The van der Waals surface area contributed by atoms with E-state index in [4.69, 9.17) is 4.74 Å². The van der Waals surface area contributed by atoms with E-state index in [1.165, 1.54) is 55.7 Å². The van der Waals surface area contributed by atoms with Gasteiger partial charge in [-0.3, -0.25) is 14.3 Å². The fraction of sp³-hybridized carbons (Fsp3) is 0.818. The van der Waals surface area contributed by atoms with E-state index in [1.807, 2.05) is 0 Å². The third-order valence-electron chi connectivity index (χ3n) is 6.03. The van der Waals surface area contributed by atoms with Crippen LogP contribution in [0, 0.1) is 6.92 Å². The van der Waals surface area contributed by atoms with Crippen LogP contribution in [-0.2, 0) is 4.74 Å². The Morgan fingerprint density at radius 2 is 1.69 bits per heavy atom. The van der Waals surface area contributed by atoms with E-state index in [0.29, 0.717) is 12.0 Å². The zero-order valence-electron chi connectivity index (χ0n) is 18.0. The van der Waals surface area contributed by atoms with Gasteiger partial charge in [-0.25, -0.2) is 4.79 Å². The van der Waals surface area contributed by atoms with Crippen molar-refractivity contribution >= 4 is 0 Å². The molecule has 1 aromatic rings. The summed E-state index contributed by atoms with van der Waals surface area (Å²) in [5.41, 5.74) is -1.75. The van der Waals surface area contributed by atoms with Gasteiger partial charge in [-0.1, -0.05) is 71.1 Å². The van der Waals surface area contributed by atoms with E-state index in [-0.39, 0.29) is 13.0 Å². The molecule has 3 N–H and O–H groups in total. The van der Waals surface area contributed by atoms with Crippen LogP contribution in [0.3, 0.4) is 0 Å². The molecule has 29 heavy (non-hydrogen) atoms. The minimum atomic E-state index is -1.16. The molecule has 0 radical (unpaired) electrons. The number of H-pyrrole nitrogens is 1. The van der Waals surface area contributed by atoms with Crippen molar-refractivity contribution in [3.63, 3.8) is 0 Å². The Kier molecular flexibility index (Phi) is 9.59. The number of aromatic nitrogens is 2. The molecule has 1 aliphatic rings. The molecule has 0 spiro atoms. The highest BCUT2D eigenvalue weighted by molar-refractivity contribution is 5.03. The highest BCUT2D eigenvalue weighted by Gasteiger charge is 2.47. The molecular weight excluding hydrogens is 372 g/mol. The highest BCUT2D eigenvalue weighted by Crippen LogP contribution is 2.39. The van der Waals surface area contributed by atoms with Crippen LogP contribution in [0.4, 0.5) is 0 Å². The van der Waals surface area contributed by atoms with Crippen molar-refractivity contribution in [1.82, 2.24) is 9.55 Å². The molecular formula is C22H38N2O5. The maximum atomic E-state index is 12.1. The van der Waals surface area contributed by atoms with Gasteiger partial charge < -0.3 is 14.9 Å². The third kappa shape index (κ3) is 6.79. The van der Waals surface area contributed by atoms with Gasteiger partial charge in [0.2, 0.25) is 0 Å². The number of aryl methyl sites for hydroxylation is 1. The Morgan fingerprint density at radius 1 is 1.10 bits per heavy atom. The first-order valence-corrected chi connectivity index (χ1v) is 11.2. The van der Waals surface area contributed by atoms with E-state index in [1.54, 1.807) is 6.92 Å². The van der Waals surface area contributed by atoms with Crippen molar-refractivity contribution in [2.45, 2.75) is 109 Å². The Morgan fingerprint density at radius 3 is 2.28 bits per heavy atom. The first kappa shape index (κ1) is 23.8. The molecule has 1 saturated heterocycles. The van der Waals surface area contributed by atoms with Crippen molar-refractivity contribution in [3.8, 4) is 0 Å². The first-order chi connectivity index (χ1) is 13.9. The Balaban J connectivity index is 1.79. The fourth-order valence-electron chi connectivity index (χ4n) is 4.16. The van der Waals surface area contributed by atoms with E-state index in [9.17, 15) is 19.8 Å². The summed E-state index contributed by atoms with van der Waals surface area (Å²) in [5.74, 6) is 0. The summed E-state index contributed by atoms with van der Waals surface area (Å²) < 4.78 is 7.07. The standard InChI is InChI=1S/C22H38N2O5/c1-3-4-5-6-7-8-9-10-11-12-13-22(28)14-19(29-18(22)16-25)24-15-17(2)20(26)23-21(24)27/h15,18-19,25,28H,3-14,16H2,1-2H3,(H,23,26,27)/t18-,19-,22+/m1/s1. The van der Waals surface area contributed by atoms with Gasteiger partial charge in [-0.05, 0) is 13.3 Å². The smallest absolute Gasteiger partial charge is 0.330 e. The van der Waals surface area contributed by atoms with E-state index < -0.39 is 29.2 Å². The number of hydrogen-bond acceptors (Lipinski definition) is 5. The number of aromatic amines is 1. The molecule has 2 heterocycles. The number of nitrogens with one attached hydrogen (secondary N) is 1. The number of nitrogens with zero attached hydrogens (tertiary/aromatic N) is 1. The van der Waals surface area contributed by atoms with Crippen LogP contribution in [-0.4, -0.2) is 38.1 Å². The molecule has 0 unspecified atom stereocenters. The molecule has 0 aromatic carbocycles. The summed E-state index contributed by atoms with van der Waals surface area (Å²) in [6, 6.07) is 0. The van der Waals surface area contributed by atoms with Crippen molar-refractivity contribution in [2.75, 3.05) is 6.61 Å². The van der Waals surface area contributed by atoms with Crippen LogP contribution in [0.5, 0.6) is 0 Å². The van der Waals surface area contributed by atoms with Gasteiger partial charge in [0.15, 0.2) is 0 Å². The first-order valence-electron chi connectivity index (χ1n) is 11.2. The lowest BCUT2D eigenvalue weighted by Crippen LogP contribution is -2.40. The Bertz CT molecular complexity index is 729. The van der Waals surface area contributed by atoms with Gasteiger partial charge in [0.1, 0.15) is 12.3 Å². The summed E-state index contributed by atoms with van der Waals surface area (Å²) in [4.78, 5) is 25.9. The molecule has 0 bridgehead atoms. The minimum absolute atomic E-state index is 0.223. The summed E-state index contributed by atoms with van der Waals surface area (Å²) in [7, 11) is 0. The lowest BCUT2D eigenvalue weighted by Gasteiger charge is -2.26. The predicted octanol–water partition coefficient (Wildman–Crippen LogP) is 3.17. The van der Waals surface area contributed by atoms with Gasteiger partial charge in [0, 0.05) is 18.2 Å². The Labute approximate surface area is 173 Å². The summed E-state index contributed by atoms with van der Waals surface area (Å²) in [5, 5.41) is 20.7. The highest BCUT2D eigenvalue weighted by atomic mass is 16.5. The van der Waals surface area contributed by atoms with Crippen LogP contribution >= 0.6 is 0 Å². The van der Waals surface area contributed by atoms with Crippen LogP contribution in [0.25, 0.3) is 0 Å². The molecule has 0 aliphatic carbocycles. The quantitative estimate of drug-likeness (QED) is 0.433. The van der Waals surface area contributed by atoms with Gasteiger partial charge in [-0.2, -0.15) is 0 Å². The fourth-order valence-corrected chi connectivity index (χ4v) is 4.16. The van der Waals surface area contributed by atoms with E-state index in [2.05, 4.69) is 11.9 Å². The second-order valence-electron chi connectivity index (χ2n) is 8.48. The number of rotatable bonds is 13. The molecule has 1 aromatic heterocycles. The molecule has 0 saturated carbocycles. The van der Waals surface area contributed by atoms with Crippen molar-refractivity contribution < 1.29 is 14.9 Å². The average molecular weight is 411 g/mol. The SMILES string of the molecule is CCCCCCCCCCCC[C@]1(O)C[C@H](n2cc(C)c(=O)[nH]c2=O)O[C@@H]1CO. The van der Waals surface area contributed by atoms with Crippen LogP contribution in [0.2, 0.25) is 0 Å². The second kappa shape index (κ2) is 11.7. The largest absolute Gasteiger partial charge is 0.394 e. The molecule has 7 nitrogen and oxygen atoms in total. The zero-order valence-corrected chi connectivity index (χ0v) is 18.0. The molecule has 166 valence electrons.